The number of aryl methyl sites for hydroxylation is 2. The molecule has 0 fully saturated rings. The summed E-state index contributed by atoms with van der Waals surface area (Å²) in [6.07, 6.45) is 0.975. The Morgan fingerprint density at radius 2 is 1.58 bits per heavy atom. The fourth-order valence-corrected chi connectivity index (χ4v) is 3.94. The summed E-state index contributed by atoms with van der Waals surface area (Å²) in [5.74, 6) is 0. The normalized spacial score (nSPS) is 11.9. The molecule has 0 radical (unpaired) electrons. The largest absolute Gasteiger partial charge is 0.137 e. The van der Waals surface area contributed by atoms with Crippen molar-refractivity contribution in [2.24, 2.45) is 0 Å². The van der Waals surface area contributed by atoms with E-state index in [0.29, 0.717) is 0 Å². The highest BCUT2D eigenvalue weighted by Gasteiger charge is 2.14. The molecule has 2 heterocycles. The highest BCUT2D eigenvalue weighted by Crippen LogP contribution is 2.35. The van der Waals surface area contributed by atoms with Crippen molar-refractivity contribution >= 4 is 54.3 Å². The molecule has 0 aliphatic rings. The van der Waals surface area contributed by atoms with Gasteiger partial charge in [-0.1, -0.05) is 15.9 Å². The number of hydrogen-bond acceptors (Lipinski definition) is 6. The number of nitrogens with zero attached hydrogens (tertiary/aromatic N) is 4. The molecule has 4 rings (SSSR count). The van der Waals surface area contributed by atoms with Gasteiger partial charge in [0.1, 0.15) is 11.0 Å². The maximum Gasteiger partial charge on any atom is 0.114 e. The maximum absolute atomic E-state index is 4.31. The van der Waals surface area contributed by atoms with Crippen molar-refractivity contribution in [3.63, 3.8) is 0 Å². The minimum Gasteiger partial charge on any atom is -0.137 e. The van der Waals surface area contributed by atoms with Crippen LogP contribution >= 0.6 is 23.1 Å². The van der Waals surface area contributed by atoms with Gasteiger partial charge in [0.2, 0.25) is 0 Å². The van der Waals surface area contributed by atoms with E-state index in [1.54, 1.807) is 0 Å². The van der Waals surface area contributed by atoms with Gasteiger partial charge in [-0.15, -0.1) is 10.2 Å². The number of rotatable bonds is 1. The average Bonchev–Trinajstić information content (AvgIpc) is 3.07. The van der Waals surface area contributed by atoms with E-state index >= 15 is 0 Å². The van der Waals surface area contributed by atoms with Gasteiger partial charge in [0.05, 0.1) is 9.40 Å². The van der Waals surface area contributed by atoms with Crippen LogP contribution in [0.3, 0.4) is 0 Å². The monoisotopic (exact) mass is 286 g/mol. The molecule has 0 N–H and O–H groups in total. The van der Waals surface area contributed by atoms with Crippen LogP contribution in [-0.2, 0) is 6.42 Å². The molecule has 4 aromatic rings. The van der Waals surface area contributed by atoms with Crippen molar-refractivity contribution in [3.8, 4) is 0 Å². The lowest BCUT2D eigenvalue weighted by Gasteiger charge is -2.05. The zero-order chi connectivity index (χ0) is 13.0. The second kappa shape index (κ2) is 3.91. The third kappa shape index (κ3) is 1.44. The third-order valence-electron chi connectivity index (χ3n) is 3.49. The van der Waals surface area contributed by atoms with E-state index in [4.69, 9.17) is 0 Å². The van der Waals surface area contributed by atoms with Crippen LogP contribution in [0.25, 0.3) is 31.2 Å². The zero-order valence-electron chi connectivity index (χ0n) is 10.5. The minimum atomic E-state index is 0.975. The predicted molar refractivity (Wildman–Crippen MR) is 80.0 cm³/mol. The summed E-state index contributed by atoms with van der Waals surface area (Å²) in [7, 11) is 0. The Kier molecular flexibility index (Phi) is 2.31. The van der Waals surface area contributed by atoms with E-state index in [2.05, 4.69) is 45.2 Å². The molecule has 6 heteroatoms. The van der Waals surface area contributed by atoms with Gasteiger partial charge in [0.25, 0.3) is 0 Å². The van der Waals surface area contributed by atoms with Crippen LogP contribution in [0.5, 0.6) is 0 Å². The summed E-state index contributed by atoms with van der Waals surface area (Å²) in [5, 5.41) is 10.9. The second-order valence-electron chi connectivity index (χ2n) is 4.58. The van der Waals surface area contributed by atoms with E-state index in [0.717, 1.165) is 32.9 Å². The van der Waals surface area contributed by atoms with Gasteiger partial charge in [-0.25, -0.2) is 0 Å². The van der Waals surface area contributed by atoms with Crippen LogP contribution in [-0.4, -0.2) is 19.2 Å². The van der Waals surface area contributed by atoms with E-state index in [-0.39, 0.29) is 0 Å². The quantitative estimate of drug-likeness (QED) is 0.535. The molecule has 0 aliphatic heterocycles. The molecule has 0 unspecified atom stereocenters. The standard InChI is InChI=1S/C13H10N4S2/c1-3-7-5-9-8(11-13(7)19-17-15-11)4-6(2)12-10(9)14-16-18-12/h4-5H,3H2,1-2H3. The van der Waals surface area contributed by atoms with Crippen LogP contribution in [0, 0.1) is 6.92 Å². The summed E-state index contributed by atoms with van der Waals surface area (Å²) < 4.78 is 10.6. The molecular formula is C13H10N4S2. The third-order valence-corrected chi connectivity index (χ3v) is 5.15. The number of benzene rings is 2. The molecular weight excluding hydrogens is 276 g/mol. The van der Waals surface area contributed by atoms with Gasteiger partial charge in [-0.2, -0.15) is 0 Å². The Labute approximate surface area is 117 Å². The van der Waals surface area contributed by atoms with Gasteiger partial charge >= 0.3 is 0 Å². The van der Waals surface area contributed by atoms with Crippen LogP contribution in [0.4, 0.5) is 0 Å². The Morgan fingerprint density at radius 3 is 2.32 bits per heavy atom. The molecule has 2 aromatic heterocycles. The van der Waals surface area contributed by atoms with E-state index in [9.17, 15) is 0 Å². The molecule has 94 valence electrons. The van der Waals surface area contributed by atoms with Crippen molar-refractivity contribution < 1.29 is 0 Å². The van der Waals surface area contributed by atoms with E-state index < -0.39 is 0 Å². The van der Waals surface area contributed by atoms with Gasteiger partial charge in [0.15, 0.2) is 0 Å². The summed E-state index contributed by atoms with van der Waals surface area (Å²) in [6.45, 7) is 4.26. The van der Waals surface area contributed by atoms with Crippen LogP contribution in [0.1, 0.15) is 18.1 Å². The van der Waals surface area contributed by atoms with Crippen LogP contribution in [0.15, 0.2) is 12.1 Å². The fraction of sp³-hybridized carbons (Fsp3) is 0.231. The van der Waals surface area contributed by atoms with Gasteiger partial charge in [0, 0.05) is 10.8 Å². The smallest absolute Gasteiger partial charge is 0.114 e. The molecule has 0 spiro atoms. The zero-order valence-corrected chi connectivity index (χ0v) is 12.1. The van der Waals surface area contributed by atoms with Crippen LogP contribution in [0.2, 0.25) is 0 Å². The molecule has 19 heavy (non-hydrogen) atoms. The predicted octanol–water partition coefficient (Wildman–Crippen LogP) is 3.72. The van der Waals surface area contributed by atoms with Crippen molar-refractivity contribution in [1.29, 1.82) is 0 Å². The topological polar surface area (TPSA) is 51.6 Å². The summed E-state index contributed by atoms with van der Waals surface area (Å²) in [5.41, 5.74) is 4.48. The Hall–Kier alpha value is -1.66. The summed E-state index contributed by atoms with van der Waals surface area (Å²) >= 11 is 2.93. The Balaban J connectivity index is 2.34. The van der Waals surface area contributed by atoms with Gasteiger partial charge in [-0.05, 0) is 59.7 Å². The Bertz CT molecular complexity index is 922. The average molecular weight is 286 g/mol. The number of aromatic nitrogens is 4. The van der Waals surface area contributed by atoms with E-state index in [1.165, 1.54) is 38.9 Å². The lowest BCUT2D eigenvalue weighted by molar-refractivity contribution is 1.16. The van der Waals surface area contributed by atoms with Crippen molar-refractivity contribution in [2.45, 2.75) is 20.3 Å². The lowest BCUT2D eigenvalue weighted by atomic mass is 10.0. The first kappa shape index (κ1) is 11.2. The SMILES string of the molecule is CCc1cc2c(cc(C)c3snnc32)c2nnsc12. The Morgan fingerprint density at radius 1 is 0.947 bits per heavy atom. The first-order chi connectivity index (χ1) is 9.29. The van der Waals surface area contributed by atoms with Crippen molar-refractivity contribution in [1.82, 2.24) is 19.2 Å². The first-order valence-electron chi connectivity index (χ1n) is 6.09. The molecule has 0 aliphatic carbocycles. The second-order valence-corrected chi connectivity index (χ2v) is 6.09. The van der Waals surface area contributed by atoms with Gasteiger partial charge < -0.3 is 0 Å². The minimum absolute atomic E-state index is 0.975. The molecule has 0 atom stereocenters. The summed E-state index contributed by atoms with van der Waals surface area (Å²) in [4.78, 5) is 0. The first-order valence-corrected chi connectivity index (χ1v) is 7.63. The van der Waals surface area contributed by atoms with Crippen LogP contribution < -0.4 is 0 Å². The molecule has 0 amide bonds. The fourth-order valence-electron chi connectivity index (χ4n) is 2.54. The molecule has 0 saturated carbocycles. The molecule has 0 bridgehead atoms. The van der Waals surface area contributed by atoms with Crippen molar-refractivity contribution in [2.75, 3.05) is 0 Å². The molecule has 4 nitrogen and oxygen atoms in total. The highest BCUT2D eigenvalue weighted by atomic mass is 32.1. The summed E-state index contributed by atoms with van der Waals surface area (Å²) in [6, 6.07) is 4.40. The molecule has 2 aromatic carbocycles. The number of hydrogen-bond donors (Lipinski definition) is 0. The van der Waals surface area contributed by atoms with E-state index in [1.807, 2.05) is 0 Å². The number of fused-ring (bicyclic) bond motifs is 5. The lowest BCUT2D eigenvalue weighted by Crippen LogP contribution is -1.87. The maximum atomic E-state index is 4.31. The highest BCUT2D eigenvalue weighted by molar-refractivity contribution is 7.13. The van der Waals surface area contributed by atoms with Crippen molar-refractivity contribution in [3.05, 3.63) is 23.3 Å². The molecule has 0 saturated heterocycles. The van der Waals surface area contributed by atoms with Gasteiger partial charge in [-0.3, -0.25) is 0 Å².